The lowest BCUT2D eigenvalue weighted by atomic mass is 10.0. The SMILES string of the molecule is Cc1ccc(OCC(=O)Oc2c(-c3ccccc3)c(=O)oc3ccccc23)cc1. The van der Waals surface area contributed by atoms with Gasteiger partial charge in [0.1, 0.15) is 16.9 Å². The number of benzene rings is 3. The molecule has 0 bridgehead atoms. The molecule has 0 aliphatic carbocycles. The molecule has 4 aromatic rings. The van der Waals surface area contributed by atoms with Crippen LogP contribution < -0.4 is 15.1 Å². The van der Waals surface area contributed by atoms with Crippen LogP contribution in [0.1, 0.15) is 5.56 Å². The minimum atomic E-state index is -0.612. The Kier molecular flexibility index (Phi) is 5.12. The van der Waals surface area contributed by atoms with E-state index in [9.17, 15) is 9.59 Å². The maximum Gasteiger partial charge on any atom is 0.349 e. The molecule has 1 aromatic heterocycles. The van der Waals surface area contributed by atoms with Crippen molar-refractivity contribution in [3.63, 3.8) is 0 Å². The predicted molar refractivity (Wildman–Crippen MR) is 110 cm³/mol. The molecule has 0 aliphatic heterocycles. The third-order valence-corrected chi connectivity index (χ3v) is 4.42. The highest BCUT2D eigenvalue weighted by atomic mass is 16.6. The average Bonchev–Trinajstić information content (AvgIpc) is 2.74. The molecular weight excluding hydrogens is 368 g/mol. The maximum absolute atomic E-state index is 12.7. The molecule has 0 N–H and O–H groups in total. The summed E-state index contributed by atoms with van der Waals surface area (Å²) in [6, 6.07) is 23.3. The number of carbonyl (C=O) groups is 1. The lowest BCUT2D eigenvalue weighted by Crippen LogP contribution is -2.19. The van der Waals surface area contributed by atoms with E-state index in [4.69, 9.17) is 13.9 Å². The summed E-state index contributed by atoms with van der Waals surface area (Å²) in [7, 11) is 0. The van der Waals surface area contributed by atoms with Crippen LogP contribution in [0.2, 0.25) is 0 Å². The molecule has 0 spiro atoms. The average molecular weight is 386 g/mol. The Morgan fingerprint density at radius 3 is 2.34 bits per heavy atom. The molecule has 5 heteroatoms. The molecule has 1 heterocycles. The summed E-state index contributed by atoms with van der Waals surface area (Å²) in [6.07, 6.45) is 0. The van der Waals surface area contributed by atoms with Gasteiger partial charge in [-0.25, -0.2) is 9.59 Å². The second kappa shape index (κ2) is 8.02. The summed E-state index contributed by atoms with van der Waals surface area (Å²) in [4.78, 5) is 25.2. The van der Waals surface area contributed by atoms with E-state index in [0.717, 1.165) is 5.56 Å². The fourth-order valence-corrected chi connectivity index (χ4v) is 3.00. The van der Waals surface area contributed by atoms with Crippen molar-refractivity contribution >= 4 is 16.9 Å². The van der Waals surface area contributed by atoms with Gasteiger partial charge in [0.2, 0.25) is 0 Å². The number of hydrogen-bond acceptors (Lipinski definition) is 5. The first kappa shape index (κ1) is 18.5. The lowest BCUT2D eigenvalue weighted by Gasteiger charge is -2.12. The predicted octanol–water partition coefficient (Wildman–Crippen LogP) is 4.75. The van der Waals surface area contributed by atoms with Crippen molar-refractivity contribution in [2.75, 3.05) is 6.61 Å². The fourth-order valence-electron chi connectivity index (χ4n) is 3.00. The van der Waals surface area contributed by atoms with Gasteiger partial charge in [-0.2, -0.15) is 0 Å². The second-order valence-corrected chi connectivity index (χ2v) is 6.53. The summed E-state index contributed by atoms with van der Waals surface area (Å²) in [5, 5.41) is 0.537. The minimum Gasteiger partial charge on any atom is -0.482 e. The first-order valence-corrected chi connectivity index (χ1v) is 9.13. The lowest BCUT2D eigenvalue weighted by molar-refractivity contribution is -0.136. The number of rotatable bonds is 5. The van der Waals surface area contributed by atoms with E-state index in [0.29, 0.717) is 22.3 Å². The number of hydrogen-bond donors (Lipinski definition) is 0. The molecule has 0 saturated carbocycles. The smallest absolute Gasteiger partial charge is 0.349 e. The van der Waals surface area contributed by atoms with E-state index < -0.39 is 11.6 Å². The van der Waals surface area contributed by atoms with Gasteiger partial charge in [0.15, 0.2) is 12.4 Å². The van der Waals surface area contributed by atoms with Gasteiger partial charge in [-0.1, -0.05) is 60.2 Å². The van der Waals surface area contributed by atoms with Crippen molar-refractivity contribution < 1.29 is 18.7 Å². The standard InChI is InChI=1S/C24H18O5/c1-16-11-13-18(14-12-16)27-15-21(25)29-23-19-9-5-6-10-20(19)28-24(26)22(23)17-7-3-2-4-8-17/h2-14H,15H2,1H3. The van der Waals surface area contributed by atoms with Gasteiger partial charge >= 0.3 is 11.6 Å². The van der Waals surface area contributed by atoms with Gasteiger partial charge < -0.3 is 13.9 Å². The Hall–Kier alpha value is -3.86. The van der Waals surface area contributed by atoms with E-state index >= 15 is 0 Å². The monoisotopic (exact) mass is 386 g/mol. The Morgan fingerprint density at radius 2 is 1.59 bits per heavy atom. The summed E-state index contributed by atoms with van der Waals surface area (Å²) in [6.45, 7) is 1.68. The number of carbonyl (C=O) groups excluding carboxylic acids is 1. The van der Waals surface area contributed by atoms with Crippen LogP contribution in [0.3, 0.4) is 0 Å². The molecule has 0 saturated heterocycles. The van der Waals surface area contributed by atoms with Gasteiger partial charge in [0.25, 0.3) is 0 Å². The van der Waals surface area contributed by atoms with Crippen molar-refractivity contribution in [1.82, 2.24) is 0 Å². The molecule has 0 atom stereocenters. The van der Waals surface area contributed by atoms with Crippen LogP contribution in [0.4, 0.5) is 0 Å². The van der Waals surface area contributed by atoms with Gasteiger partial charge in [-0.05, 0) is 36.8 Å². The first-order valence-electron chi connectivity index (χ1n) is 9.13. The molecule has 0 radical (unpaired) electrons. The zero-order chi connectivity index (χ0) is 20.2. The van der Waals surface area contributed by atoms with E-state index in [1.54, 1.807) is 60.7 Å². The van der Waals surface area contributed by atoms with Crippen LogP contribution in [0.25, 0.3) is 22.1 Å². The topological polar surface area (TPSA) is 65.7 Å². The largest absolute Gasteiger partial charge is 0.482 e. The summed E-state index contributed by atoms with van der Waals surface area (Å²) in [5.74, 6) is 0.118. The molecule has 5 nitrogen and oxygen atoms in total. The highest BCUT2D eigenvalue weighted by Crippen LogP contribution is 2.34. The molecule has 0 fully saturated rings. The molecule has 0 aliphatic rings. The summed E-state index contributed by atoms with van der Waals surface area (Å²) in [5.41, 5.74) is 1.67. The quantitative estimate of drug-likeness (QED) is 0.366. The molecular formula is C24H18O5. The first-order chi connectivity index (χ1) is 14.1. The van der Waals surface area contributed by atoms with E-state index in [1.165, 1.54) is 0 Å². The highest BCUT2D eigenvalue weighted by Gasteiger charge is 2.20. The third-order valence-electron chi connectivity index (χ3n) is 4.42. The van der Waals surface area contributed by atoms with Crippen LogP contribution in [-0.4, -0.2) is 12.6 Å². The van der Waals surface area contributed by atoms with Crippen LogP contribution >= 0.6 is 0 Å². The molecule has 0 unspecified atom stereocenters. The molecule has 144 valence electrons. The number of ether oxygens (including phenoxy) is 2. The summed E-state index contributed by atoms with van der Waals surface area (Å²) < 4.78 is 16.6. The maximum atomic E-state index is 12.7. The Bertz CT molecular complexity index is 1210. The van der Waals surface area contributed by atoms with E-state index in [1.807, 2.05) is 25.1 Å². The van der Waals surface area contributed by atoms with E-state index in [2.05, 4.69) is 0 Å². The van der Waals surface area contributed by atoms with Crippen molar-refractivity contribution in [2.45, 2.75) is 6.92 Å². The van der Waals surface area contributed by atoms with E-state index in [-0.39, 0.29) is 17.9 Å². The zero-order valence-electron chi connectivity index (χ0n) is 15.8. The molecule has 4 rings (SSSR count). The van der Waals surface area contributed by atoms with Crippen molar-refractivity contribution in [3.8, 4) is 22.6 Å². The Balaban J connectivity index is 1.69. The number of fused-ring (bicyclic) bond motifs is 1. The molecule has 3 aromatic carbocycles. The van der Waals surface area contributed by atoms with Gasteiger partial charge in [0.05, 0.1) is 5.39 Å². The third kappa shape index (κ3) is 4.04. The van der Waals surface area contributed by atoms with Crippen LogP contribution in [0.15, 0.2) is 88.1 Å². The number of aryl methyl sites for hydroxylation is 1. The van der Waals surface area contributed by atoms with Crippen LogP contribution in [-0.2, 0) is 4.79 Å². The Morgan fingerprint density at radius 1 is 0.897 bits per heavy atom. The van der Waals surface area contributed by atoms with Crippen LogP contribution in [0.5, 0.6) is 11.5 Å². The zero-order valence-corrected chi connectivity index (χ0v) is 15.8. The fraction of sp³-hybridized carbons (Fsp3) is 0.0833. The van der Waals surface area contributed by atoms with Gasteiger partial charge in [0, 0.05) is 0 Å². The molecule has 29 heavy (non-hydrogen) atoms. The van der Waals surface area contributed by atoms with Crippen molar-refractivity contribution in [3.05, 3.63) is 94.8 Å². The van der Waals surface area contributed by atoms with Crippen LogP contribution in [0, 0.1) is 6.92 Å². The second-order valence-electron chi connectivity index (χ2n) is 6.53. The van der Waals surface area contributed by atoms with Gasteiger partial charge in [-0.15, -0.1) is 0 Å². The summed E-state index contributed by atoms with van der Waals surface area (Å²) >= 11 is 0. The normalized spacial score (nSPS) is 10.7. The minimum absolute atomic E-state index is 0.167. The number of esters is 1. The Labute approximate surface area is 167 Å². The number of para-hydroxylation sites is 1. The van der Waals surface area contributed by atoms with Crippen molar-refractivity contribution in [2.24, 2.45) is 0 Å². The van der Waals surface area contributed by atoms with Crippen molar-refractivity contribution in [1.29, 1.82) is 0 Å². The van der Waals surface area contributed by atoms with Gasteiger partial charge in [-0.3, -0.25) is 0 Å². The molecule has 0 amide bonds. The highest BCUT2D eigenvalue weighted by molar-refractivity contribution is 5.93.